The van der Waals surface area contributed by atoms with Crippen molar-refractivity contribution in [3.05, 3.63) is 65.5 Å². The zero-order chi connectivity index (χ0) is 22.2. The molecular weight excluding hydrogens is 402 g/mol. The van der Waals surface area contributed by atoms with Crippen LogP contribution < -0.4 is 10.6 Å². The van der Waals surface area contributed by atoms with E-state index in [1.165, 1.54) is 12.1 Å². The summed E-state index contributed by atoms with van der Waals surface area (Å²) in [5, 5.41) is 6.20. The number of halogens is 2. The summed E-state index contributed by atoms with van der Waals surface area (Å²) in [6.07, 6.45) is 5.85. The number of likely N-dealkylation sites (N-methyl/N-ethyl adjacent to an activating group) is 1. The number of hydrogen-bond acceptors (Lipinski definition) is 4. The highest BCUT2D eigenvalue weighted by molar-refractivity contribution is 5.85. The minimum Gasteiger partial charge on any atom is -0.352 e. The van der Waals surface area contributed by atoms with Crippen LogP contribution in [0.1, 0.15) is 36.8 Å². The average Bonchev–Trinajstić information content (AvgIpc) is 2.80. The van der Waals surface area contributed by atoms with Crippen LogP contribution in [0, 0.1) is 17.6 Å². The maximum atomic E-state index is 13.3. The number of benzene rings is 1. The number of hydrogen-bond donors (Lipinski definition) is 2. The largest absolute Gasteiger partial charge is 0.352 e. The predicted molar refractivity (Wildman–Crippen MR) is 113 cm³/mol. The molecule has 1 aromatic heterocycles. The zero-order valence-corrected chi connectivity index (χ0v) is 17.6. The first-order valence-electron chi connectivity index (χ1n) is 10.5. The molecule has 0 bridgehead atoms. The van der Waals surface area contributed by atoms with Crippen molar-refractivity contribution in [2.75, 3.05) is 13.6 Å². The van der Waals surface area contributed by atoms with E-state index in [4.69, 9.17) is 0 Å². The Labute approximate surface area is 181 Å². The number of amides is 2. The van der Waals surface area contributed by atoms with Crippen LogP contribution >= 0.6 is 0 Å². The first-order chi connectivity index (χ1) is 14.9. The van der Waals surface area contributed by atoms with Crippen molar-refractivity contribution in [3.63, 3.8) is 0 Å². The van der Waals surface area contributed by atoms with Crippen molar-refractivity contribution in [2.45, 2.75) is 44.8 Å². The van der Waals surface area contributed by atoms with Crippen molar-refractivity contribution >= 4 is 11.8 Å². The first-order valence-corrected chi connectivity index (χ1v) is 10.5. The van der Waals surface area contributed by atoms with Gasteiger partial charge in [0.2, 0.25) is 11.8 Å². The summed E-state index contributed by atoms with van der Waals surface area (Å²) in [5.74, 6) is -2.20. The van der Waals surface area contributed by atoms with E-state index >= 15 is 0 Å². The van der Waals surface area contributed by atoms with E-state index in [-0.39, 0.29) is 30.8 Å². The van der Waals surface area contributed by atoms with Gasteiger partial charge in [-0.15, -0.1) is 0 Å². The SMILES string of the molecule is CN1C[C@H](NCc2cccnc2)CCC[C@@H](C(=O)NCc2cc(F)cc(F)c2)CC1=O. The Hall–Kier alpha value is -2.87. The lowest BCUT2D eigenvalue weighted by molar-refractivity contribution is -0.135. The van der Waals surface area contributed by atoms with Gasteiger partial charge in [0, 0.05) is 63.5 Å². The molecule has 2 atom stereocenters. The molecule has 0 spiro atoms. The summed E-state index contributed by atoms with van der Waals surface area (Å²) in [7, 11) is 1.75. The lowest BCUT2D eigenvalue weighted by Crippen LogP contribution is -2.41. The Balaban J connectivity index is 1.55. The molecule has 6 nitrogen and oxygen atoms in total. The van der Waals surface area contributed by atoms with Crippen molar-refractivity contribution in [2.24, 2.45) is 5.92 Å². The van der Waals surface area contributed by atoms with Gasteiger partial charge in [-0.05, 0) is 42.2 Å². The second-order valence-corrected chi connectivity index (χ2v) is 8.04. The molecule has 2 aromatic rings. The minimum atomic E-state index is -0.687. The lowest BCUT2D eigenvalue weighted by atomic mass is 9.96. The second-order valence-electron chi connectivity index (χ2n) is 8.04. The van der Waals surface area contributed by atoms with Crippen molar-refractivity contribution in [3.8, 4) is 0 Å². The summed E-state index contributed by atoms with van der Waals surface area (Å²) in [6, 6.07) is 7.16. The second kappa shape index (κ2) is 10.9. The molecule has 1 aromatic carbocycles. The third kappa shape index (κ3) is 7.10. The van der Waals surface area contributed by atoms with Gasteiger partial charge in [0.15, 0.2) is 0 Å². The molecule has 3 rings (SSSR count). The van der Waals surface area contributed by atoms with Gasteiger partial charge in [0.05, 0.1) is 0 Å². The van der Waals surface area contributed by atoms with Crippen molar-refractivity contribution in [1.82, 2.24) is 20.5 Å². The van der Waals surface area contributed by atoms with Crippen molar-refractivity contribution in [1.29, 1.82) is 0 Å². The van der Waals surface area contributed by atoms with E-state index in [0.717, 1.165) is 24.5 Å². The van der Waals surface area contributed by atoms with Gasteiger partial charge in [-0.1, -0.05) is 12.5 Å². The third-order valence-corrected chi connectivity index (χ3v) is 5.52. The van der Waals surface area contributed by atoms with Gasteiger partial charge in [-0.3, -0.25) is 14.6 Å². The highest BCUT2D eigenvalue weighted by Crippen LogP contribution is 2.19. The quantitative estimate of drug-likeness (QED) is 0.739. The number of carbonyl (C=O) groups is 2. The normalized spacial score (nSPS) is 20.0. The summed E-state index contributed by atoms with van der Waals surface area (Å²) < 4.78 is 26.7. The smallest absolute Gasteiger partial charge is 0.223 e. The molecular formula is C23H28F2N4O2. The maximum absolute atomic E-state index is 13.3. The Kier molecular flexibility index (Phi) is 8.06. The minimum absolute atomic E-state index is 0.0172. The average molecular weight is 430 g/mol. The monoisotopic (exact) mass is 430 g/mol. The molecule has 1 aliphatic rings. The Morgan fingerprint density at radius 1 is 1.16 bits per heavy atom. The zero-order valence-electron chi connectivity index (χ0n) is 17.6. The van der Waals surface area contributed by atoms with Crippen LogP contribution in [0.3, 0.4) is 0 Å². The fourth-order valence-electron chi connectivity index (χ4n) is 3.80. The molecule has 0 unspecified atom stereocenters. The fraction of sp³-hybridized carbons (Fsp3) is 0.435. The topological polar surface area (TPSA) is 74.3 Å². The number of rotatable bonds is 6. The van der Waals surface area contributed by atoms with E-state index in [0.29, 0.717) is 25.1 Å². The Morgan fingerprint density at radius 2 is 1.94 bits per heavy atom. The molecule has 2 N–H and O–H groups in total. The fourth-order valence-corrected chi connectivity index (χ4v) is 3.80. The molecule has 1 saturated heterocycles. The summed E-state index contributed by atoms with van der Waals surface area (Å²) in [6.45, 7) is 1.24. The Bertz CT molecular complexity index is 874. The van der Waals surface area contributed by atoms with Crippen LogP contribution in [-0.2, 0) is 22.7 Å². The highest BCUT2D eigenvalue weighted by Gasteiger charge is 2.27. The summed E-state index contributed by atoms with van der Waals surface area (Å²) in [4.78, 5) is 31.1. The number of carbonyl (C=O) groups excluding carboxylic acids is 2. The summed E-state index contributed by atoms with van der Waals surface area (Å²) in [5.41, 5.74) is 1.42. The molecule has 1 fully saturated rings. The molecule has 8 heteroatoms. The molecule has 31 heavy (non-hydrogen) atoms. The van der Waals surface area contributed by atoms with Gasteiger partial charge < -0.3 is 15.5 Å². The molecule has 0 aliphatic carbocycles. The third-order valence-electron chi connectivity index (χ3n) is 5.52. The first kappa shape index (κ1) is 22.8. The van der Waals surface area contributed by atoms with Crippen LogP contribution in [0.5, 0.6) is 0 Å². The standard InChI is InChI=1S/C23H28F2N4O2/c1-29-15-21(27-13-16-4-3-7-26-12-16)6-2-5-18(10-22(29)30)23(31)28-14-17-8-19(24)11-20(25)9-17/h3-4,7-9,11-12,18,21,27H,2,5-6,10,13-15H2,1H3,(H,28,31)/t18-,21-/m1/s1. The van der Waals surface area contributed by atoms with Crippen LogP contribution in [0.4, 0.5) is 8.78 Å². The van der Waals surface area contributed by atoms with Crippen LogP contribution in [0.2, 0.25) is 0 Å². The molecule has 166 valence electrons. The number of aromatic nitrogens is 1. The van der Waals surface area contributed by atoms with E-state index in [1.807, 2.05) is 18.3 Å². The highest BCUT2D eigenvalue weighted by atomic mass is 19.1. The van der Waals surface area contributed by atoms with Crippen LogP contribution in [-0.4, -0.2) is 41.3 Å². The molecule has 0 saturated carbocycles. The molecule has 1 aliphatic heterocycles. The van der Waals surface area contributed by atoms with Gasteiger partial charge in [0.1, 0.15) is 11.6 Å². The number of nitrogens with zero attached hydrogens (tertiary/aromatic N) is 2. The lowest BCUT2D eigenvalue weighted by Gasteiger charge is -2.24. The van der Waals surface area contributed by atoms with Gasteiger partial charge >= 0.3 is 0 Å². The number of nitrogens with one attached hydrogen (secondary N) is 2. The van der Waals surface area contributed by atoms with E-state index in [1.54, 1.807) is 18.1 Å². The van der Waals surface area contributed by atoms with Gasteiger partial charge in [0.25, 0.3) is 0 Å². The van der Waals surface area contributed by atoms with Crippen LogP contribution in [0.25, 0.3) is 0 Å². The van der Waals surface area contributed by atoms with Gasteiger partial charge in [-0.25, -0.2) is 8.78 Å². The van der Waals surface area contributed by atoms with E-state index < -0.39 is 17.6 Å². The van der Waals surface area contributed by atoms with E-state index in [9.17, 15) is 18.4 Å². The predicted octanol–water partition coefficient (Wildman–Crippen LogP) is 2.78. The summed E-state index contributed by atoms with van der Waals surface area (Å²) >= 11 is 0. The molecule has 2 amide bonds. The maximum Gasteiger partial charge on any atom is 0.223 e. The van der Waals surface area contributed by atoms with Crippen LogP contribution in [0.15, 0.2) is 42.7 Å². The molecule has 0 radical (unpaired) electrons. The van der Waals surface area contributed by atoms with Crippen molar-refractivity contribution < 1.29 is 18.4 Å². The van der Waals surface area contributed by atoms with E-state index in [2.05, 4.69) is 15.6 Å². The van der Waals surface area contributed by atoms with Gasteiger partial charge in [-0.2, -0.15) is 0 Å². The Morgan fingerprint density at radius 3 is 2.65 bits per heavy atom. The molecule has 2 heterocycles. The number of pyridine rings is 1.